The van der Waals surface area contributed by atoms with Crippen molar-refractivity contribution >= 4 is 11.2 Å². The first-order valence-corrected chi connectivity index (χ1v) is 8.81. The number of fused-ring (bicyclic) bond motifs is 1. The van der Waals surface area contributed by atoms with E-state index in [-0.39, 0.29) is 6.10 Å². The van der Waals surface area contributed by atoms with Gasteiger partial charge < -0.3 is 14.0 Å². The summed E-state index contributed by atoms with van der Waals surface area (Å²) in [6, 6.07) is 14.1. The molecule has 0 saturated heterocycles. The van der Waals surface area contributed by atoms with Crippen molar-refractivity contribution in [1.29, 1.82) is 0 Å². The first-order chi connectivity index (χ1) is 12.9. The molecule has 2 aromatic heterocycles. The third kappa shape index (κ3) is 4.00. The highest BCUT2D eigenvalue weighted by molar-refractivity contribution is 5.70. The number of pyridine rings is 1. The van der Waals surface area contributed by atoms with Gasteiger partial charge in [0.2, 0.25) is 0 Å². The van der Waals surface area contributed by atoms with Gasteiger partial charge >= 0.3 is 0 Å². The van der Waals surface area contributed by atoms with Crippen LogP contribution in [0.4, 0.5) is 0 Å². The SMILES string of the molecule is C1=CC(OCCn2cnc3ncccc32)CC=C1OCc1ccccc1. The molecular formula is C21H21N3O2. The topological polar surface area (TPSA) is 49.2 Å². The van der Waals surface area contributed by atoms with Gasteiger partial charge in [0.05, 0.1) is 24.6 Å². The highest BCUT2D eigenvalue weighted by atomic mass is 16.5. The standard InChI is InChI=1S/C21H21N3O2/c1-2-5-17(6-3-1)15-26-19-10-8-18(9-11-19)25-14-13-24-16-23-21-20(24)7-4-12-22-21/h1-8,10-12,16,18H,9,13-15H2. The molecule has 132 valence electrons. The summed E-state index contributed by atoms with van der Waals surface area (Å²) in [7, 11) is 0. The molecule has 4 rings (SSSR count). The number of hydrogen-bond acceptors (Lipinski definition) is 4. The van der Waals surface area contributed by atoms with E-state index < -0.39 is 0 Å². The largest absolute Gasteiger partial charge is 0.489 e. The van der Waals surface area contributed by atoms with Crippen LogP contribution in [0, 0.1) is 0 Å². The molecular weight excluding hydrogens is 326 g/mol. The summed E-state index contributed by atoms with van der Waals surface area (Å²) in [5.74, 6) is 0.903. The maximum Gasteiger partial charge on any atom is 0.177 e. The van der Waals surface area contributed by atoms with E-state index in [4.69, 9.17) is 9.47 Å². The van der Waals surface area contributed by atoms with Gasteiger partial charge in [0.1, 0.15) is 12.4 Å². The molecule has 0 fully saturated rings. The van der Waals surface area contributed by atoms with Crippen molar-refractivity contribution in [3.05, 3.63) is 84.5 Å². The molecule has 5 heteroatoms. The van der Waals surface area contributed by atoms with Crippen LogP contribution < -0.4 is 0 Å². The van der Waals surface area contributed by atoms with Crippen LogP contribution in [0.1, 0.15) is 12.0 Å². The molecule has 0 saturated carbocycles. The van der Waals surface area contributed by atoms with E-state index in [1.54, 1.807) is 6.20 Å². The van der Waals surface area contributed by atoms with E-state index in [0.717, 1.165) is 29.9 Å². The predicted molar refractivity (Wildman–Crippen MR) is 100 cm³/mol. The molecule has 1 unspecified atom stereocenters. The third-order valence-corrected chi connectivity index (χ3v) is 4.33. The van der Waals surface area contributed by atoms with Crippen molar-refractivity contribution in [2.45, 2.75) is 25.7 Å². The van der Waals surface area contributed by atoms with Gasteiger partial charge in [-0.25, -0.2) is 9.97 Å². The number of benzene rings is 1. The highest BCUT2D eigenvalue weighted by Crippen LogP contribution is 2.16. The minimum atomic E-state index is 0.0898. The minimum Gasteiger partial charge on any atom is -0.489 e. The molecule has 3 aromatic rings. The molecule has 0 radical (unpaired) electrons. The zero-order chi connectivity index (χ0) is 17.6. The van der Waals surface area contributed by atoms with Crippen LogP contribution in [0.2, 0.25) is 0 Å². The van der Waals surface area contributed by atoms with Crippen molar-refractivity contribution in [3.8, 4) is 0 Å². The van der Waals surface area contributed by atoms with Crippen LogP contribution >= 0.6 is 0 Å². The molecule has 0 aliphatic heterocycles. The van der Waals surface area contributed by atoms with Gasteiger partial charge in [-0.2, -0.15) is 0 Å². The zero-order valence-corrected chi connectivity index (χ0v) is 14.5. The highest BCUT2D eigenvalue weighted by Gasteiger charge is 2.10. The van der Waals surface area contributed by atoms with Gasteiger partial charge in [-0.1, -0.05) is 36.4 Å². The summed E-state index contributed by atoms with van der Waals surface area (Å²) in [5.41, 5.74) is 2.97. The van der Waals surface area contributed by atoms with Gasteiger partial charge in [-0.05, 0) is 36.3 Å². The van der Waals surface area contributed by atoms with Crippen molar-refractivity contribution in [1.82, 2.24) is 14.5 Å². The molecule has 5 nitrogen and oxygen atoms in total. The molecule has 0 spiro atoms. The Bertz CT molecular complexity index is 915. The van der Waals surface area contributed by atoms with Gasteiger partial charge in [-0.15, -0.1) is 0 Å². The lowest BCUT2D eigenvalue weighted by molar-refractivity contribution is 0.0781. The van der Waals surface area contributed by atoms with E-state index in [1.165, 1.54) is 5.56 Å². The smallest absolute Gasteiger partial charge is 0.177 e. The second-order valence-electron chi connectivity index (χ2n) is 6.17. The van der Waals surface area contributed by atoms with Gasteiger partial charge in [0.25, 0.3) is 0 Å². The van der Waals surface area contributed by atoms with Crippen LogP contribution in [0.25, 0.3) is 11.2 Å². The summed E-state index contributed by atoms with van der Waals surface area (Å²) in [5, 5.41) is 0. The second kappa shape index (κ2) is 7.97. The maximum atomic E-state index is 5.96. The number of aromatic nitrogens is 3. The van der Waals surface area contributed by atoms with Crippen LogP contribution in [0.15, 0.2) is 79.0 Å². The quantitative estimate of drug-likeness (QED) is 0.651. The first kappa shape index (κ1) is 16.5. The monoisotopic (exact) mass is 347 g/mol. The van der Waals surface area contributed by atoms with Crippen LogP contribution in [0.5, 0.6) is 0 Å². The Labute approximate surface area is 152 Å². The zero-order valence-electron chi connectivity index (χ0n) is 14.5. The predicted octanol–water partition coefficient (Wildman–Crippen LogP) is 3.88. The van der Waals surface area contributed by atoms with E-state index in [9.17, 15) is 0 Å². The molecule has 1 aliphatic rings. The maximum absolute atomic E-state index is 5.96. The molecule has 2 heterocycles. The Morgan fingerprint density at radius 3 is 2.85 bits per heavy atom. The van der Waals surface area contributed by atoms with Crippen molar-refractivity contribution in [3.63, 3.8) is 0 Å². The van der Waals surface area contributed by atoms with E-state index in [0.29, 0.717) is 13.2 Å². The Hall–Kier alpha value is -2.92. The third-order valence-electron chi connectivity index (χ3n) is 4.33. The molecule has 1 atom stereocenters. The molecule has 0 amide bonds. The Kier molecular flexibility index (Phi) is 5.07. The average Bonchev–Trinajstić information content (AvgIpc) is 3.11. The first-order valence-electron chi connectivity index (χ1n) is 8.81. The summed E-state index contributed by atoms with van der Waals surface area (Å²) >= 11 is 0. The second-order valence-corrected chi connectivity index (χ2v) is 6.17. The number of nitrogens with zero attached hydrogens (tertiary/aromatic N) is 3. The van der Waals surface area contributed by atoms with Crippen molar-refractivity contribution in [2.24, 2.45) is 0 Å². The fraction of sp³-hybridized carbons (Fsp3) is 0.238. The number of imidazole rings is 1. The lowest BCUT2D eigenvalue weighted by Gasteiger charge is -2.18. The van der Waals surface area contributed by atoms with Crippen molar-refractivity contribution in [2.75, 3.05) is 6.61 Å². The van der Waals surface area contributed by atoms with Gasteiger partial charge in [0, 0.05) is 12.7 Å². The van der Waals surface area contributed by atoms with E-state index >= 15 is 0 Å². The van der Waals surface area contributed by atoms with Gasteiger partial charge in [0.15, 0.2) is 5.65 Å². The molecule has 1 aliphatic carbocycles. The number of hydrogen-bond donors (Lipinski definition) is 0. The lowest BCUT2D eigenvalue weighted by atomic mass is 10.1. The van der Waals surface area contributed by atoms with Gasteiger partial charge in [-0.3, -0.25) is 0 Å². The molecule has 26 heavy (non-hydrogen) atoms. The summed E-state index contributed by atoms with van der Waals surface area (Å²) < 4.78 is 13.9. The van der Waals surface area contributed by atoms with E-state index in [1.807, 2.05) is 42.7 Å². The average molecular weight is 347 g/mol. The van der Waals surface area contributed by atoms with Crippen molar-refractivity contribution < 1.29 is 9.47 Å². The number of ether oxygens (including phenoxy) is 2. The summed E-state index contributed by atoms with van der Waals surface area (Å²) in [6.07, 6.45) is 10.6. The summed E-state index contributed by atoms with van der Waals surface area (Å²) in [4.78, 5) is 8.54. The fourth-order valence-corrected chi connectivity index (χ4v) is 2.93. The summed E-state index contributed by atoms with van der Waals surface area (Å²) in [6.45, 7) is 1.97. The van der Waals surface area contributed by atoms with Crippen LogP contribution in [-0.2, 0) is 22.6 Å². The van der Waals surface area contributed by atoms with Crippen LogP contribution in [0.3, 0.4) is 0 Å². The normalized spacial score (nSPS) is 16.6. The molecule has 0 N–H and O–H groups in total. The van der Waals surface area contributed by atoms with E-state index in [2.05, 4.69) is 38.8 Å². The number of rotatable bonds is 7. The Morgan fingerprint density at radius 2 is 2.00 bits per heavy atom. The molecule has 0 bridgehead atoms. The minimum absolute atomic E-state index is 0.0898. The van der Waals surface area contributed by atoms with Crippen LogP contribution in [-0.4, -0.2) is 27.2 Å². The Morgan fingerprint density at radius 1 is 1.08 bits per heavy atom. The molecule has 1 aromatic carbocycles. The Balaban J connectivity index is 1.22. The number of allylic oxidation sites excluding steroid dienone is 1. The lowest BCUT2D eigenvalue weighted by Crippen LogP contribution is -2.15. The fourth-order valence-electron chi connectivity index (χ4n) is 2.93.